The van der Waals surface area contributed by atoms with E-state index in [1.54, 1.807) is 18.2 Å². The molecule has 1 aromatic rings. The molecule has 0 fully saturated rings. The molecule has 21 heavy (non-hydrogen) atoms. The summed E-state index contributed by atoms with van der Waals surface area (Å²) in [4.78, 5) is 22.5. The van der Waals surface area contributed by atoms with Gasteiger partial charge < -0.3 is 15.7 Å². The SMILES string of the molecule is C=CCC(NC(=O)NCCc1ccc(Cl)cc1Cl)C(=O)O. The molecule has 0 bridgehead atoms. The maximum atomic E-state index is 11.6. The number of halogens is 2. The van der Waals surface area contributed by atoms with E-state index in [2.05, 4.69) is 17.2 Å². The Morgan fingerprint density at radius 1 is 1.38 bits per heavy atom. The number of amides is 2. The number of aliphatic carboxylic acids is 1. The quantitative estimate of drug-likeness (QED) is 0.672. The van der Waals surface area contributed by atoms with Crippen LogP contribution >= 0.6 is 23.2 Å². The summed E-state index contributed by atoms with van der Waals surface area (Å²) < 4.78 is 0. The third-order valence-corrected chi connectivity index (χ3v) is 3.29. The summed E-state index contributed by atoms with van der Waals surface area (Å²) in [5.41, 5.74) is 0.849. The summed E-state index contributed by atoms with van der Waals surface area (Å²) in [7, 11) is 0. The molecule has 0 radical (unpaired) electrons. The van der Waals surface area contributed by atoms with Crippen LogP contribution in [0.15, 0.2) is 30.9 Å². The lowest BCUT2D eigenvalue weighted by atomic mass is 10.1. The highest BCUT2D eigenvalue weighted by molar-refractivity contribution is 6.35. The van der Waals surface area contributed by atoms with Gasteiger partial charge in [-0.2, -0.15) is 0 Å². The van der Waals surface area contributed by atoms with Gasteiger partial charge in [-0.1, -0.05) is 35.3 Å². The first-order valence-corrected chi connectivity index (χ1v) is 7.01. The Kier molecular flexibility index (Phi) is 7.05. The molecule has 0 saturated carbocycles. The van der Waals surface area contributed by atoms with Crippen LogP contribution in [0.25, 0.3) is 0 Å². The Hall–Kier alpha value is -1.72. The first-order valence-electron chi connectivity index (χ1n) is 6.26. The van der Waals surface area contributed by atoms with E-state index in [-0.39, 0.29) is 6.42 Å². The van der Waals surface area contributed by atoms with Crippen LogP contribution in [-0.2, 0) is 11.2 Å². The maximum absolute atomic E-state index is 11.6. The van der Waals surface area contributed by atoms with Gasteiger partial charge in [0.2, 0.25) is 0 Å². The number of urea groups is 1. The van der Waals surface area contributed by atoms with Gasteiger partial charge in [-0.3, -0.25) is 0 Å². The first kappa shape index (κ1) is 17.3. The number of carboxylic acids is 1. The smallest absolute Gasteiger partial charge is 0.326 e. The highest BCUT2D eigenvalue weighted by Gasteiger charge is 2.17. The summed E-state index contributed by atoms with van der Waals surface area (Å²) >= 11 is 11.8. The minimum absolute atomic E-state index is 0.158. The Morgan fingerprint density at radius 2 is 2.10 bits per heavy atom. The van der Waals surface area contributed by atoms with Crippen LogP contribution in [0.1, 0.15) is 12.0 Å². The highest BCUT2D eigenvalue weighted by Crippen LogP contribution is 2.20. The van der Waals surface area contributed by atoms with E-state index in [4.69, 9.17) is 28.3 Å². The second-order valence-electron chi connectivity index (χ2n) is 4.30. The zero-order valence-electron chi connectivity index (χ0n) is 11.2. The van der Waals surface area contributed by atoms with Gasteiger partial charge in [-0.15, -0.1) is 6.58 Å². The van der Waals surface area contributed by atoms with Crippen molar-refractivity contribution in [1.82, 2.24) is 10.6 Å². The molecule has 3 N–H and O–H groups in total. The van der Waals surface area contributed by atoms with Crippen molar-refractivity contribution in [2.45, 2.75) is 18.9 Å². The summed E-state index contributed by atoms with van der Waals surface area (Å²) in [5, 5.41) is 14.9. The largest absolute Gasteiger partial charge is 0.480 e. The molecule has 0 aliphatic heterocycles. The molecule has 1 rings (SSSR count). The van der Waals surface area contributed by atoms with Gasteiger partial charge >= 0.3 is 12.0 Å². The van der Waals surface area contributed by atoms with Gasteiger partial charge in [0.1, 0.15) is 6.04 Å². The van der Waals surface area contributed by atoms with Crippen molar-refractivity contribution >= 4 is 35.2 Å². The minimum Gasteiger partial charge on any atom is -0.480 e. The fourth-order valence-corrected chi connectivity index (χ4v) is 2.14. The predicted octanol–water partition coefficient (Wildman–Crippen LogP) is 2.86. The van der Waals surface area contributed by atoms with E-state index >= 15 is 0 Å². The number of carbonyl (C=O) groups is 2. The summed E-state index contributed by atoms with van der Waals surface area (Å²) in [6.07, 6.45) is 2.11. The van der Waals surface area contributed by atoms with Crippen molar-refractivity contribution in [3.05, 3.63) is 46.5 Å². The lowest BCUT2D eigenvalue weighted by molar-refractivity contribution is -0.139. The molecular weight excluding hydrogens is 315 g/mol. The second-order valence-corrected chi connectivity index (χ2v) is 5.14. The Morgan fingerprint density at radius 3 is 2.67 bits per heavy atom. The normalized spacial score (nSPS) is 11.5. The maximum Gasteiger partial charge on any atom is 0.326 e. The number of carbonyl (C=O) groups excluding carboxylic acids is 1. The van der Waals surface area contributed by atoms with Crippen LogP contribution in [0.5, 0.6) is 0 Å². The van der Waals surface area contributed by atoms with Gasteiger partial charge in [-0.25, -0.2) is 9.59 Å². The molecule has 1 atom stereocenters. The van der Waals surface area contributed by atoms with Crippen molar-refractivity contribution in [2.75, 3.05) is 6.54 Å². The Labute approximate surface area is 132 Å². The topological polar surface area (TPSA) is 78.4 Å². The molecule has 0 aliphatic carbocycles. The van der Waals surface area contributed by atoms with Gasteiger partial charge in [0.05, 0.1) is 0 Å². The first-order chi connectivity index (χ1) is 9.93. The van der Waals surface area contributed by atoms with E-state index in [0.29, 0.717) is 23.0 Å². The van der Waals surface area contributed by atoms with Crippen LogP contribution in [0, 0.1) is 0 Å². The van der Waals surface area contributed by atoms with Gasteiger partial charge in [0.15, 0.2) is 0 Å². The number of hydrogen-bond acceptors (Lipinski definition) is 2. The summed E-state index contributed by atoms with van der Waals surface area (Å²) in [6.45, 7) is 3.78. The zero-order chi connectivity index (χ0) is 15.8. The molecule has 1 unspecified atom stereocenters. The average molecular weight is 331 g/mol. The lowest BCUT2D eigenvalue weighted by Gasteiger charge is -2.13. The van der Waals surface area contributed by atoms with Crippen molar-refractivity contribution < 1.29 is 14.7 Å². The third kappa shape index (κ3) is 6.06. The molecule has 7 heteroatoms. The molecule has 114 valence electrons. The van der Waals surface area contributed by atoms with Crippen molar-refractivity contribution in [1.29, 1.82) is 0 Å². The Balaban J connectivity index is 2.42. The average Bonchev–Trinajstić information content (AvgIpc) is 2.40. The fourth-order valence-electron chi connectivity index (χ4n) is 1.63. The standard InChI is InChI=1S/C14H16Cl2N2O3/c1-2-3-12(13(19)20)18-14(21)17-7-6-9-4-5-10(15)8-11(9)16/h2,4-5,8,12H,1,3,6-7H2,(H,19,20)(H2,17,18,21). The lowest BCUT2D eigenvalue weighted by Crippen LogP contribution is -2.46. The van der Waals surface area contributed by atoms with Crippen LogP contribution < -0.4 is 10.6 Å². The van der Waals surface area contributed by atoms with Crippen molar-refractivity contribution in [3.63, 3.8) is 0 Å². The van der Waals surface area contributed by atoms with Gasteiger partial charge in [-0.05, 0) is 30.5 Å². The van der Waals surface area contributed by atoms with Crippen LogP contribution in [0.4, 0.5) is 4.79 Å². The zero-order valence-corrected chi connectivity index (χ0v) is 12.7. The number of benzene rings is 1. The summed E-state index contributed by atoms with van der Waals surface area (Å²) in [6, 6.07) is 3.59. The van der Waals surface area contributed by atoms with Gasteiger partial charge in [0, 0.05) is 16.6 Å². The van der Waals surface area contributed by atoms with E-state index in [1.165, 1.54) is 6.08 Å². The predicted molar refractivity (Wildman–Crippen MR) is 82.9 cm³/mol. The van der Waals surface area contributed by atoms with Gasteiger partial charge in [0.25, 0.3) is 0 Å². The van der Waals surface area contributed by atoms with E-state index < -0.39 is 18.0 Å². The van der Waals surface area contributed by atoms with Crippen molar-refractivity contribution in [3.8, 4) is 0 Å². The molecule has 1 aromatic carbocycles. The Bertz CT molecular complexity index is 535. The molecule has 0 aliphatic rings. The molecule has 5 nitrogen and oxygen atoms in total. The molecule has 0 heterocycles. The molecule has 0 saturated heterocycles. The van der Waals surface area contributed by atoms with E-state index in [9.17, 15) is 9.59 Å². The fraction of sp³-hybridized carbons (Fsp3) is 0.286. The van der Waals surface area contributed by atoms with E-state index in [0.717, 1.165) is 5.56 Å². The highest BCUT2D eigenvalue weighted by atomic mass is 35.5. The van der Waals surface area contributed by atoms with Crippen LogP contribution in [0.2, 0.25) is 10.0 Å². The minimum atomic E-state index is -1.11. The second kappa shape index (κ2) is 8.54. The molecule has 2 amide bonds. The monoisotopic (exact) mass is 330 g/mol. The van der Waals surface area contributed by atoms with Crippen molar-refractivity contribution in [2.24, 2.45) is 0 Å². The number of hydrogen-bond donors (Lipinski definition) is 3. The number of rotatable bonds is 7. The molecule has 0 spiro atoms. The number of carboxylic acid groups (broad SMARTS) is 1. The third-order valence-electron chi connectivity index (χ3n) is 2.70. The summed E-state index contributed by atoms with van der Waals surface area (Å²) in [5.74, 6) is -1.11. The number of nitrogens with one attached hydrogen (secondary N) is 2. The van der Waals surface area contributed by atoms with Crippen LogP contribution in [-0.4, -0.2) is 29.7 Å². The molecule has 0 aromatic heterocycles. The van der Waals surface area contributed by atoms with Crippen LogP contribution in [0.3, 0.4) is 0 Å². The molecular formula is C14H16Cl2N2O3. The van der Waals surface area contributed by atoms with E-state index in [1.807, 2.05) is 0 Å².